The number of hydrogen-bond donors (Lipinski definition) is 3. The number of carbonyl (C=O) groups excluding carboxylic acids is 6. The number of imide groups is 1. The number of amides is 4. The lowest BCUT2D eigenvalue weighted by Crippen LogP contribution is -2.46. The van der Waals surface area contributed by atoms with Gasteiger partial charge in [0, 0.05) is 57.7 Å². The summed E-state index contributed by atoms with van der Waals surface area (Å²) in [5, 5.41) is 5.38. The second kappa shape index (κ2) is 17.2. The molecule has 43 heavy (non-hydrogen) atoms. The highest BCUT2D eigenvalue weighted by molar-refractivity contribution is 7.47. The average Bonchev–Trinajstić information content (AvgIpc) is 3.17. The molecule has 0 fully saturated rings. The van der Waals surface area contributed by atoms with Gasteiger partial charge < -0.3 is 29.7 Å². The van der Waals surface area contributed by atoms with Gasteiger partial charge in [-0.2, -0.15) is 0 Å². The highest BCUT2D eigenvalue weighted by atomic mass is 31.2. The van der Waals surface area contributed by atoms with Crippen molar-refractivity contribution in [2.45, 2.75) is 78.0 Å². The van der Waals surface area contributed by atoms with Gasteiger partial charge in [-0.1, -0.05) is 0 Å². The predicted molar refractivity (Wildman–Crippen MR) is 149 cm³/mol. The number of esters is 2. The molecule has 0 aromatic heterocycles. The van der Waals surface area contributed by atoms with E-state index in [1.54, 1.807) is 27.7 Å². The van der Waals surface area contributed by atoms with Crippen molar-refractivity contribution in [3.8, 4) is 0 Å². The van der Waals surface area contributed by atoms with E-state index < -0.39 is 61.3 Å². The van der Waals surface area contributed by atoms with Crippen LogP contribution in [0.3, 0.4) is 0 Å². The Bertz CT molecular complexity index is 1090. The lowest BCUT2D eigenvalue weighted by atomic mass is 10.00. The fraction of sp³-hybridized carbons (Fsp3) is 0.692. The third-order valence-electron chi connectivity index (χ3n) is 5.65. The summed E-state index contributed by atoms with van der Waals surface area (Å²) in [6, 6.07) is 0. The van der Waals surface area contributed by atoms with Crippen molar-refractivity contribution >= 4 is 43.4 Å². The molecule has 1 aliphatic heterocycles. The summed E-state index contributed by atoms with van der Waals surface area (Å²) >= 11 is 0. The van der Waals surface area contributed by atoms with Gasteiger partial charge in [0.05, 0.1) is 25.2 Å². The Morgan fingerprint density at radius 2 is 1.58 bits per heavy atom. The number of carbonyl (C=O) groups is 6. The number of nitrogens with zero attached hydrogens (tertiary/aromatic N) is 1. The molecule has 0 saturated carbocycles. The van der Waals surface area contributed by atoms with Crippen molar-refractivity contribution in [3.05, 3.63) is 12.2 Å². The Hall–Kier alpha value is -3.17. The standard InChI is InChI=1S/C26H42N3O13P/c1-18(30)38-16-20(42-19(2)31)17-41-43(36,37)40-14-11-27-22(33)15-26(5,6)39-13-10-25(3,4)28-21(32)9-12-29-23(34)7-8-24(29)35/h7-8,20H,9-17H2,1-6H3,(H,27,33)(H,28,32)(H,36,37). The summed E-state index contributed by atoms with van der Waals surface area (Å²) in [4.78, 5) is 80.8. The fourth-order valence-corrected chi connectivity index (χ4v) is 4.33. The molecule has 0 radical (unpaired) electrons. The van der Waals surface area contributed by atoms with Crippen molar-refractivity contribution in [1.82, 2.24) is 15.5 Å². The van der Waals surface area contributed by atoms with Crippen LogP contribution >= 0.6 is 7.82 Å². The van der Waals surface area contributed by atoms with Crippen LogP contribution in [0.4, 0.5) is 0 Å². The van der Waals surface area contributed by atoms with Gasteiger partial charge in [0.25, 0.3) is 11.8 Å². The van der Waals surface area contributed by atoms with Gasteiger partial charge in [-0.3, -0.25) is 42.7 Å². The molecule has 3 N–H and O–H groups in total. The van der Waals surface area contributed by atoms with Crippen LogP contribution in [0.5, 0.6) is 0 Å². The summed E-state index contributed by atoms with van der Waals surface area (Å²) in [5.41, 5.74) is -1.54. The normalized spacial score (nSPS) is 15.6. The molecule has 4 amide bonds. The fourth-order valence-electron chi connectivity index (χ4n) is 3.58. The topological polar surface area (TPSA) is 213 Å². The molecule has 16 nitrogen and oxygen atoms in total. The van der Waals surface area contributed by atoms with E-state index in [4.69, 9.17) is 23.3 Å². The van der Waals surface area contributed by atoms with Gasteiger partial charge in [-0.05, 0) is 34.1 Å². The Morgan fingerprint density at radius 1 is 0.953 bits per heavy atom. The molecule has 2 unspecified atom stereocenters. The summed E-state index contributed by atoms with van der Waals surface area (Å²) < 4.78 is 37.1. The molecule has 0 saturated heterocycles. The Balaban J connectivity index is 2.33. The van der Waals surface area contributed by atoms with E-state index in [0.29, 0.717) is 6.42 Å². The van der Waals surface area contributed by atoms with Crippen LogP contribution in [0, 0.1) is 0 Å². The van der Waals surface area contributed by atoms with Gasteiger partial charge in [0.2, 0.25) is 11.8 Å². The second-order valence-corrected chi connectivity index (χ2v) is 12.3. The molecule has 0 bridgehead atoms. The number of rotatable bonds is 20. The minimum Gasteiger partial charge on any atom is -0.462 e. The molecule has 17 heteroatoms. The van der Waals surface area contributed by atoms with Crippen molar-refractivity contribution < 1.29 is 61.5 Å². The zero-order valence-electron chi connectivity index (χ0n) is 25.3. The van der Waals surface area contributed by atoms with E-state index in [1.165, 1.54) is 0 Å². The monoisotopic (exact) mass is 635 g/mol. The Morgan fingerprint density at radius 3 is 2.16 bits per heavy atom. The van der Waals surface area contributed by atoms with Crippen molar-refractivity contribution in [1.29, 1.82) is 0 Å². The average molecular weight is 636 g/mol. The first-order valence-corrected chi connectivity index (χ1v) is 15.0. The number of phosphoric acid groups is 1. The Labute approximate surface area is 250 Å². The second-order valence-electron chi connectivity index (χ2n) is 10.9. The lowest BCUT2D eigenvalue weighted by molar-refractivity contribution is -0.158. The van der Waals surface area contributed by atoms with E-state index in [2.05, 4.69) is 10.6 Å². The van der Waals surface area contributed by atoms with E-state index >= 15 is 0 Å². The summed E-state index contributed by atoms with van der Waals surface area (Å²) in [5.74, 6) is -2.99. The van der Waals surface area contributed by atoms with E-state index in [0.717, 1.165) is 30.9 Å². The smallest absolute Gasteiger partial charge is 0.462 e. The molecular weight excluding hydrogens is 593 g/mol. The van der Waals surface area contributed by atoms with Crippen LogP contribution in [0.2, 0.25) is 0 Å². The number of hydrogen-bond acceptors (Lipinski definition) is 12. The van der Waals surface area contributed by atoms with Gasteiger partial charge >= 0.3 is 19.8 Å². The SMILES string of the molecule is CC(=O)OCC(COP(=O)(O)OCCNC(=O)CC(C)(C)OCCC(C)(C)NC(=O)CCN1C(=O)C=CC1=O)OC(C)=O. The maximum Gasteiger partial charge on any atom is 0.472 e. The van der Waals surface area contributed by atoms with Crippen LogP contribution in [0.25, 0.3) is 0 Å². The van der Waals surface area contributed by atoms with E-state index in [1.807, 2.05) is 0 Å². The largest absolute Gasteiger partial charge is 0.472 e. The first-order valence-electron chi connectivity index (χ1n) is 13.5. The maximum absolute atomic E-state index is 12.3. The lowest BCUT2D eigenvalue weighted by Gasteiger charge is -2.30. The molecule has 0 spiro atoms. The number of phosphoric ester groups is 1. The minimum atomic E-state index is -4.57. The molecule has 244 valence electrons. The highest BCUT2D eigenvalue weighted by Crippen LogP contribution is 2.43. The molecule has 0 aliphatic carbocycles. The molecule has 0 aromatic rings. The van der Waals surface area contributed by atoms with Gasteiger partial charge in [-0.15, -0.1) is 0 Å². The summed E-state index contributed by atoms with van der Waals surface area (Å²) in [6.07, 6.45) is 1.52. The maximum atomic E-state index is 12.3. The van der Waals surface area contributed by atoms with Crippen LogP contribution in [-0.2, 0) is 56.6 Å². The predicted octanol–water partition coefficient (Wildman–Crippen LogP) is 0.516. The third kappa shape index (κ3) is 16.9. The molecule has 0 aromatic carbocycles. The number of ether oxygens (including phenoxy) is 3. The van der Waals surface area contributed by atoms with Crippen LogP contribution in [0.1, 0.15) is 60.8 Å². The highest BCUT2D eigenvalue weighted by Gasteiger charge is 2.28. The zero-order valence-corrected chi connectivity index (χ0v) is 26.2. The van der Waals surface area contributed by atoms with Gasteiger partial charge in [0.1, 0.15) is 6.61 Å². The van der Waals surface area contributed by atoms with Crippen molar-refractivity contribution in [2.24, 2.45) is 0 Å². The summed E-state index contributed by atoms with van der Waals surface area (Å²) in [7, 11) is -4.57. The number of nitrogens with one attached hydrogen (secondary N) is 2. The molecule has 1 heterocycles. The van der Waals surface area contributed by atoms with Crippen molar-refractivity contribution in [2.75, 3.05) is 39.5 Å². The molecule has 2 atom stereocenters. The summed E-state index contributed by atoms with van der Waals surface area (Å²) in [6.45, 7) is 8.01. The molecule has 1 rings (SSSR count). The molecule has 1 aliphatic rings. The van der Waals surface area contributed by atoms with E-state index in [9.17, 15) is 38.2 Å². The Kier molecular flexibility index (Phi) is 15.1. The zero-order chi connectivity index (χ0) is 32.8. The van der Waals surface area contributed by atoms with Crippen LogP contribution in [-0.4, -0.2) is 102 Å². The molecular formula is C26H42N3O13P. The first kappa shape index (κ1) is 37.9. The van der Waals surface area contributed by atoms with Gasteiger partial charge in [0.15, 0.2) is 6.10 Å². The van der Waals surface area contributed by atoms with Crippen LogP contribution < -0.4 is 10.6 Å². The quantitative estimate of drug-likeness (QED) is 0.0721. The van der Waals surface area contributed by atoms with Crippen molar-refractivity contribution in [3.63, 3.8) is 0 Å². The first-order chi connectivity index (χ1) is 19.8. The third-order valence-corrected chi connectivity index (χ3v) is 6.64. The van der Waals surface area contributed by atoms with Gasteiger partial charge in [-0.25, -0.2) is 4.57 Å². The van der Waals surface area contributed by atoms with Crippen LogP contribution in [0.15, 0.2) is 12.2 Å². The van der Waals surface area contributed by atoms with E-state index in [-0.39, 0.29) is 51.7 Å². The minimum absolute atomic E-state index is 0.0205.